The fraction of sp³-hybridized carbons (Fsp3) is 0.500. The molecule has 0 saturated carbocycles. The van der Waals surface area contributed by atoms with Gasteiger partial charge in [-0.1, -0.05) is 6.07 Å². The monoisotopic (exact) mass is 586 g/mol. The number of anilines is 1. The molecule has 1 aliphatic carbocycles. The summed E-state index contributed by atoms with van der Waals surface area (Å²) in [6.45, 7) is 5.71. The summed E-state index contributed by atoms with van der Waals surface area (Å²) >= 11 is 2.34. The average Bonchev–Trinajstić information content (AvgIpc) is 3.25. The van der Waals surface area contributed by atoms with E-state index in [1.165, 1.54) is 11.1 Å². The van der Waals surface area contributed by atoms with E-state index in [9.17, 15) is 12.8 Å². The van der Waals surface area contributed by atoms with Gasteiger partial charge in [0.1, 0.15) is 5.82 Å². The van der Waals surface area contributed by atoms with Crippen LogP contribution in [0.5, 0.6) is 0 Å². The average molecular weight is 586 g/mol. The Labute approximate surface area is 206 Å². The number of nitrogens with one attached hydrogen (secondary N) is 1. The molecule has 2 aromatic heterocycles. The number of aromatic nitrogens is 4. The Hall–Kier alpha value is -1.86. The van der Waals surface area contributed by atoms with E-state index in [2.05, 4.69) is 54.4 Å². The summed E-state index contributed by atoms with van der Waals surface area (Å²) in [5.41, 5.74) is 9.87. The van der Waals surface area contributed by atoms with E-state index in [-0.39, 0.29) is 17.2 Å². The molecule has 1 aliphatic rings. The van der Waals surface area contributed by atoms with Crippen molar-refractivity contribution in [3.8, 4) is 0 Å². The second-order valence-corrected chi connectivity index (χ2v) is 12.5. The fourth-order valence-corrected chi connectivity index (χ4v) is 6.56. The maximum absolute atomic E-state index is 14.0. The van der Waals surface area contributed by atoms with Crippen LogP contribution in [0.1, 0.15) is 56.1 Å². The minimum atomic E-state index is -3.46. The van der Waals surface area contributed by atoms with E-state index < -0.39 is 21.6 Å². The van der Waals surface area contributed by atoms with Crippen LogP contribution in [-0.2, 0) is 35.8 Å². The molecule has 0 saturated heterocycles. The molecule has 0 fully saturated rings. The summed E-state index contributed by atoms with van der Waals surface area (Å²) in [6.07, 6.45) is 3.23. The first kappa shape index (κ1) is 24.3. The Balaban J connectivity index is 1.66. The summed E-state index contributed by atoms with van der Waals surface area (Å²) in [7, 11) is -3.46. The Morgan fingerprint density at radius 2 is 1.88 bits per heavy atom. The summed E-state index contributed by atoms with van der Waals surface area (Å²) in [6, 6.07) is 4.45. The highest BCUT2D eigenvalue weighted by Crippen LogP contribution is 2.29. The fourth-order valence-electron chi connectivity index (χ4n) is 4.29. The number of nitrogen functional groups attached to an aromatic ring is 1. The van der Waals surface area contributed by atoms with E-state index in [4.69, 9.17) is 5.73 Å². The van der Waals surface area contributed by atoms with E-state index >= 15 is 0 Å². The number of aryl methyl sites for hydroxylation is 3. The SMILES string of the molecule is CC(C)(C)NS(=O)(=O)CCCn1c(Cc2cc3c(cc2I)CCC3)nc2c(N)nc(F)nc21. The topological polar surface area (TPSA) is 116 Å². The molecule has 11 heteroatoms. The van der Waals surface area contributed by atoms with Gasteiger partial charge < -0.3 is 10.3 Å². The summed E-state index contributed by atoms with van der Waals surface area (Å²) < 4.78 is 44.4. The Kier molecular flexibility index (Phi) is 6.67. The van der Waals surface area contributed by atoms with Gasteiger partial charge in [-0.25, -0.2) is 18.1 Å². The van der Waals surface area contributed by atoms with Gasteiger partial charge in [0.05, 0.1) is 5.75 Å². The standard InChI is InChI=1S/C22H28FIN6O2S/c1-22(2,3)29-33(31,32)9-5-8-30-17(26-18-19(25)27-21(23)28-20(18)30)12-15-10-13-6-4-7-14(13)11-16(15)24/h10-11,29H,4-9,12H2,1-3H3,(H2,25,27,28). The molecular weight excluding hydrogens is 558 g/mol. The van der Waals surface area contributed by atoms with Gasteiger partial charge in [0.15, 0.2) is 17.0 Å². The zero-order valence-electron chi connectivity index (χ0n) is 19.0. The molecule has 0 atom stereocenters. The number of halogens is 2. The van der Waals surface area contributed by atoms with Crippen LogP contribution in [0.2, 0.25) is 0 Å². The van der Waals surface area contributed by atoms with Crippen molar-refractivity contribution in [2.24, 2.45) is 0 Å². The molecule has 0 spiro atoms. The predicted octanol–water partition coefficient (Wildman–Crippen LogP) is 3.34. The van der Waals surface area contributed by atoms with Crippen molar-refractivity contribution in [3.63, 3.8) is 0 Å². The first-order valence-electron chi connectivity index (χ1n) is 10.9. The van der Waals surface area contributed by atoms with Gasteiger partial charge in [0, 0.05) is 22.1 Å². The van der Waals surface area contributed by atoms with Crippen molar-refractivity contribution >= 4 is 49.6 Å². The largest absolute Gasteiger partial charge is 0.382 e. The van der Waals surface area contributed by atoms with Crippen molar-refractivity contribution in [2.75, 3.05) is 11.5 Å². The smallest absolute Gasteiger partial charge is 0.312 e. The third-order valence-corrected chi connectivity index (χ3v) is 8.29. The van der Waals surface area contributed by atoms with Gasteiger partial charge in [0.25, 0.3) is 0 Å². The highest BCUT2D eigenvalue weighted by Gasteiger charge is 2.22. The number of hydrogen-bond donors (Lipinski definition) is 2. The number of fused-ring (bicyclic) bond motifs is 2. The van der Waals surface area contributed by atoms with Gasteiger partial charge in [-0.15, -0.1) is 0 Å². The molecular formula is C22H28FIN6O2S. The maximum atomic E-state index is 14.0. The van der Waals surface area contributed by atoms with Crippen LogP contribution in [0.3, 0.4) is 0 Å². The first-order chi connectivity index (χ1) is 15.4. The third kappa shape index (κ3) is 5.62. The van der Waals surface area contributed by atoms with Crippen LogP contribution >= 0.6 is 22.6 Å². The number of imidazole rings is 1. The van der Waals surface area contributed by atoms with E-state index in [1.807, 2.05) is 0 Å². The lowest BCUT2D eigenvalue weighted by Crippen LogP contribution is -2.41. The molecule has 0 aliphatic heterocycles. The normalized spacial score (nSPS) is 14.2. The zero-order chi connectivity index (χ0) is 24.0. The molecule has 33 heavy (non-hydrogen) atoms. The first-order valence-corrected chi connectivity index (χ1v) is 13.6. The number of nitrogens with two attached hydrogens (primary N) is 1. The highest BCUT2D eigenvalue weighted by atomic mass is 127. The van der Waals surface area contributed by atoms with Gasteiger partial charge in [-0.3, -0.25) is 0 Å². The maximum Gasteiger partial charge on any atom is 0.312 e. The lowest BCUT2D eigenvalue weighted by molar-refractivity contribution is 0.488. The molecule has 2 heterocycles. The number of hydrogen-bond acceptors (Lipinski definition) is 6. The molecule has 0 radical (unpaired) electrons. The molecule has 3 N–H and O–H groups in total. The summed E-state index contributed by atoms with van der Waals surface area (Å²) in [5.74, 6) is 0.569. The van der Waals surface area contributed by atoms with E-state index in [0.717, 1.165) is 28.4 Å². The minimum Gasteiger partial charge on any atom is -0.382 e. The Bertz CT molecular complexity index is 1320. The number of rotatable bonds is 7. The van der Waals surface area contributed by atoms with E-state index in [1.54, 1.807) is 25.3 Å². The zero-order valence-corrected chi connectivity index (χ0v) is 21.9. The third-order valence-electron chi connectivity index (χ3n) is 5.54. The number of benzene rings is 1. The summed E-state index contributed by atoms with van der Waals surface area (Å²) in [4.78, 5) is 12.2. The van der Waals surface area contributed by atoms with Crippen molar-refractivity contribution < 1.29 is 12.8 Å². The minimum absolute atomic E-state index is 0.0248. The van der Waals surface area contributed by atoms with Crippen LogP contribution in [0.25, 0.3) is 11.2 Å². The molecule has 0 unspecified atom stereocenters. The van der Waals surface area contributed by atoms with Crippen LogP contribution in [0, 0.1) is 9.65 Å². The van der Waals surface area contributed by atoms with Gasteiger partial charge in [0.2, 0.25) is 10.0 Å². The summed E-state index contributed by atoms with van der Waals surface area (Å²) in [5, 5.41) is 0. The number of nitrogens with zero attached hydrogens (tertiary/aromatic N) is 4. The number of sulfonamides is 1. The molecule has 0 bridgehead atoms. The van der Waals surface area contributed by atoms with Crippen LogP contribution in [0.15, 0.2) is 12.1 Å². The Morgan fingerprint density at radius 1 is 1.18 bits per heavy atom. The van der Waals surface area contributed by atoms with E-state index in [0.29, 0.717) is 30.7 Å². The molecule has 0 amide bonds. The van der Waals surface area contributed by atoms with Gasteiger partial charge >= 0.3 is 6.08 Å². The van der Waals surface area contributed by atoms with Gasteiger partial charge in [-0.05, 0) is 91.8 Å². The van der Waals surface area contributed by atoms with Crippen molar-refractivity contribution in [3.05, 3.63) is 44.3 Å². The molecule has 1 aromatic carbocycles. The van der Waals surface area contributed by atoms with Crippen LogP contribution in [0.4, 0.5) is 10.2 Å². The van der Waals surface area contributed by atoms with Crippen molar-refractivity contribution in [1.29, 1.82) is 0 Å². The van der Waals surface area contributed by atoms with Crippen LogP contribution < -0.4 is 10.5 Å². The highest BCUT2D eigenvalue weighted by molar-refractivity contribution is 14.1. The molecule has 4 rings (SSSR count). The second kappa shape index (κ2) is 9.06. The molecule has 3 aromatic rings. The quantitative estimate of drug-likeness (QED) is 0.324. The molecule has 178 valence electrons. The van der Waals surface area contributed by atoms with Crippen molar-refractivity contribution in [2.45, 2.75) is 65.0 Å². The second-order valence-electron chi connectivity index (χ2n) is 9.50. The van der Waals surface area contributed by atoms with Crippen LogP contribution in [-0.4, -0.2) is 39.2 Å². The lowest BCUT2D eigenvalue weighted by atomic mass is 10.0. The van der Waals surface area contributed by atoms with Crippen molar-refractivity contribution in [1.82, 2.24) is 24.2 Å². The predicted molar refractivity (Wildman–Crippen MR) is 135 cm³/mol. The lowest BCUT2D eigenvalue weighted by Gasteiger charge is -2.20. The Morgan fingerprint density at radius 3 is 2.58 bits per heavy atom. The van der Waals surface area contributed by atoms with Gasteiger partial charge in [-0.2, -0.15) is 14.4 Å². The molecule has 8 nitrogen and oxygen atoms in total.